The molecule has 0 aliphatic carbocycles. The molecule has 1 aromatic heterocycles. The van der Waals surface area contributed by atoms with Crippen LogP contribution in [-0.4, -0.2) is 59.7 Å². The number of carbonyl (C=O) groups is 3. The van der Waals surface area contributed by atoms with Crippen LogP contribution in [0.2, 0.25) is 0 Å². The first-order chi connectivity index (χ1) is 18.6. The summed E-state index contributed by atoms with van der Waals surface area (Å²) in [5.74, 6) is -2.42. The van der Waals surface area contributed by atoms with E-state index in [-0.39, 0.29) is 5.70 Å². The number of benzene rings is 2. The summed E-state index contributed by atoms with van der Waals surface area (Å²) in [5, 5.41) is 11.4. The Hall–Kier alpha value is -3.64. The van der Waals surface area contributed by atoms with Crippen LogP contribution in [0.3, 0.4) is 0 Å². The minimum absolute atomic E-state index is 0.0911. The van der Waals surface area contributed by atoms with Crippen molar-refractivity contribution in [2.45, 2.75) is 43.0 Å². The summed E-state index contributed by atoms with van der Waals surface area (Å²) in [7, 11) is 1.69. The number of amides is 1. The summed E-state index contributed by atoms with van der Waals surface area (Å²) in [6, 6.07) is 18.8. The predicted octanol–water partition coefficient (Wildman–Crippen LogP) is 3.72. The number of thioether (sulfide) groups is 2. The molecule has 0 N–H and O–H groups in total. The Labute approximate surface area is 234 Å². The number of aryl methyl sites for hydroxylation is 1. The van der Waals surface area contributed by atoms with Crippen LogP contribution in [0.5, 0.6) is 0 Å². The highest BCUT2D eigenvalue weighted by molar-refractivity contribution is 8.06. The SMILES string of the molecule is Cn1nnnc1SC1=C(C(=O)OC(c2ccccc2)c2ccccc2)N2C(=O)C(C(=O)OC(C)(C)C)[C@H]2SC1. The molecule has 202 valence electrons. The number of esters is 2. The van der Waals surface area contributed by atoms with E-state index in [1.54, 1.807) is 27.8 Å². The van der Waals surface area contributed by atoms with Crippen LogP contribution in [0.25, 0.3) is 0 Å². The van der Waals surface area contributed by atoms with Gasteiger partial charge in [0.2, 0.25) is 11.1 Å². The fraction of sp³-hybridized carbons (Fsp3) is 0.333. The molecule has 1 saturated heterocycles. The van der Waals surface area contributed by atoms with E-state index in [1.165, 1.54) is 33.1 Å². The van der Waals surface area contributed by atoms with Gasteiger partial charge in [-0.2, -0.15) is 0 Å². The number of fused-ring (bicyclic) bond motifs is 1. The lowest BCUT2D eigenvalue weighted by molar-refractivity contribution is -0.175. The number of hydrogen-bond acceptors (Lipinski definition) is 10. The second-order valence-electron chi connectivity index (χ2n) is 9.99. The summed E-state index contributed by atoms with van der Waals surface area (Å²) >= 11 is 2.58. The van der Waals surface area contributed by atoms with Gasteiger partial charge in [-0.05, 0) is 54.1 Å². The molecule has 0 spiro atoms. The number of carbonyl (C=O) groups excluding carboxylic acids is 3. The fourth-order valence-electron chi connectivity index (χ4n) is 4.27. The molecule has 3 heterocycles. The molecule has 1 fully saturated rings. The van der Waals surface area contributed by atoms with Gasteiger partial charge in [-0.1, -0.05) is 60.7 Å². The minimum atomic E-state index is -1.00. The first-order valence-electron chi connectivity index (χ1n) is 12.3. The van der Waals surface area contributed by atoms with Gasteiger partial charge in [0.15, 0.2) is 12.0 Å². The summed E-state index contributed by atoms with van der Waals surface area (Å²) in [4.78, 5) is 42.1. The molecule has 0 bridgehead atoms. The molecule has 1 amide bonds. The van der Waals surface area contributed by atoms with Gasteiger partial charge in [-0.25, -0.2) is 9.48 Å². The summed E-state index contributed by atoms with van der Waals surface area (Å²) in [6.45, 7) is 5.25. The third kappa shape index (κ3) is 5.57. The molecule has 5 rings (SSSR count). The monoisotopic (exact) mass is 565 g/mol. The molecule has 2 aromatic carbocycles. The normalized spacial score (nSPS) is 19.0. The average molecular weight is 566 g/mol. The minimum Gasteiger partial charge on any atom is -0.459 e. The molecule has 3 aromatic rings. The Morgan fingerprint density at radius 1 is 1.05 bits per heavy atom. The Balaban J connectivity index is 1.50. The van der Waals surface area contributed by atoms with Crippen LogP contribution in [-0.2, 0) is 30.9 Å². The van der Waals surface area contributed by atoms with Gasteiger partial charge >= 0.3 is 11.9 Å². The lowest BCUT2D eigenvalue weighted by atomic mass is 9.96. The van der Waals surface area contributed by atoms with Crippen LogP contribution < -0.4 is 0 Å². The molecule has 12 heteroatoms. The van der Waals surface area contributed by atoms with Gasteiger partial charge in [0, 0.05) is 17.7 Å². The maximum Gasteiger partial charge on any atom is 0.356 e. The largest absolute Gasteiger partial charge is 0.459 e. The van der Waals surface area contributed by atoms with Crippen molar-refractivity contribution in [3.05, 3.63) is 82.4 Å². The quantitative estimate of drug-likeness (QED) is 0.238. The van der Waals surface area contributed by atoms with E-state index >= 15 is 0 Å². The number of nitrogens with zero attached hydrogens (tertiary/aromatic N) is 5. The average Bonchev–Trinajstić information content (AvgIpc) is 3.31. The zero-order chi connectivity index (χ0) is 27.7. The third-order valence-corrected chi connectivity index (χ3v) is 8.59. The third-order valence-electron chi connectivity index (χ3n) is 6.01. The van der Waals surface area contributed by atoms with Crippen molar-refractivity contribution in [3.63, 3.8) is 0 Å². The van der Waals surface area contributed by atoms with Crippen molar-refractivity contribution in [1.82, 2.24) is 25.1 Å². The lowest BCUT2D eigenvalue weighted by Gasteiger charge is -2.48. The highest BCUT2D eigenvalue weighted by Crippen LogP contribution is 2.48. The zero-order valence-corrected chi connectivity index (χ0v) is 23.4. The van der Waals surface area contributed by atoms with E-state index in [1.807, 2.05) is 60.7 Å². The van der Waals surface area contributed by atoms with Crippen LogP contribution in [0.1, 0.15) is 38.0 Å². The summed E-state index contributed by atoms with van der Waals surface area (Å²) in [6.07, 6.45) is -0.707. The van der Waals surface area contributed by atoms with Crippen molar-refractivity contribution in [1.29, 1.82) is 0 Å². The molecule has 10 nitrogen and oxygen atoms in total. The molecule has 39 heavy (non-hydrogen) atoms. The van der Waals surface area contributed by atoms with E-state index in [0.29, 0.717) is 15.8 Å². The van der Waals surface area contributed by atoms with Gasteiger partial charge in [-0.15, -0.1) is 16.9 Å². The smallest absolute Gasteiger partial charge is 0.356 e. The molecule has 0 saturated carbocycles. The number of tetrazole rings is 1. The lowest BCUT2D eigenvalue weighted by Crippen LogP contribution is -2.64. The molecule has 2 aliphatic heterocycles. The topological polar surface area (TPSA) is 117 Å². The van der Waals surface area contributed by atoms with Crippen molar-refractivity contribution in [2.24, 2.45) is 13.0 Å². The predicted molar refractivity (Wildman–Crippen MR) is 145 cm³/mol. The van der Waals surface area contributed by atoms with Crippen LogP contribution in [0, 0.1) is 5.92 Å². The molecule has 0 radical (unpaired) electrons. The first-order valence-corrected chi connectivity index (χ1v) is 14.1. The van der Waals surface area contributed by atoms with E-state index in [0.717, 1.165) is 11.1 Å². The van der Waals surface area contributed by atoms with Crippen LogP contribution >= 0.6 is 23.5 Å². The Morgan fingerprint density at radius 2 is 1.67 bits per heavy atom. The van der Waals surface area contributed by atoms with E-state index < -0.39 is 40.8 Å². The van der Waals surface area contributed by atoms with E-state index in [9.17, 15) is 14.4 Å². The van der Waals surface area contributed by atoms with Gasteiger partial charge in [-0.3, -0.25) is 14.5 Å². The number of aromatic nitrogens is 4. The highest BCUT2D eigenvalue weighted by atomic mass is 32.2. The second-order valence-corrected chi connectivity index (χ2v) is 12.2. The number of hydrogen-bond donors (Lipinski definition) is 0. The van der Waals surface area contributed by atoms with Crippen molar-refractivity contribution >= 4 is 41.4 Å². The first kappa shape index (κ1) is 26.9. The summed E-state index contributed by atoms with van der Waals surface area (Å²) < 4.78 is 13.1. The van der Waals surface area contributed by atoms with Crippen molar-refractivity contribution in [2.75, 3.05) is 5.75 Å². The number of ether oxygens (including phenoxy) is 2. The summed E-state index contributed by atoms with van der Waals surface area (Å²) in [5.41, 5.74) is 0.917. The van der Waals surface area contributed by atoms with Crippen molar-refractivity contribution in [3.8, 4) is 0 Å². The highest BCUT2D eigenvalue weighted by Gasteiger charge is 2.58. The van der Waals surface area contributed by atoms with Crippen LogP contribution in [0.15, 0.2) is 76.4 Å². The molecular weight excluding hydrogens is 538 g/mol. The van der Waals surface area contributed by atoms with Gasteiger partial charge in [0.05, 0.1) is 0 Å². The maximum absolute atomic E-state index is 13.9. The Morgan fingerprint density at radius 3 is 2.21 bits per heavy atom. The molecule has 1 unspecified atom stereocenters. The molecular formula is C27H27N5O5S2. The number of β-lactam (4-membered cyclic amide) rings is 1. The zero-order valence-electron chi connectivity index (χ0n) is 21.8. The van der Waals surface area contributed by atoms with Crippen LogP contribution in [0.4, 0.5) is 0 Å². The van der Waals surface area contributed by atoms with Gasteiger partial charge < -0.3 is 9.47 Å². The molecule has 2 atom stereocenters. The Bertz CT molecular complexity index is 1380. The van der Waals surface area contributed by atoms with E-state index in [4.69, 9.17) is 9.47 Å². The standard InChI is InChI=1S/C27H27N5O5S2/c1-27(2,3)37-24(34)19-22(33)32-20(18(15-38-23(19)32)39-26-28-29-30-31(26)4)25(35)36-21(16-11-7-5-8-12-16)17-13-9-6-10-14-17/h5-14,19,21,23H,15H2,1-4H3/t19?,23-/m1/s1. The Kier molecular flexibility index (Phi) is 7.50. The number of rotatable bonds is 7. The second kappa shape index (κ2) is 10.9. The maximum atomic E-state index is 13.9. The molecule has 2 aliphatic rings. The fourth-order valence-corrected chi connectivity index (χ4v) is 6.70. The van der Waals surface area contributed by atoms with Crippen molar-refractivity contribution < 1.29 is 23.9 Å². The van der Waals surface area contributed by atoms with Gasteiger partial charge in [0.25, 0.3) is 0 Å². The van der Waals surface area contributed by atoms with Gasteiger partial charge in [0.1, 0.15) is 16.7 Å². The van der Waals surface area contributed by atoms with E-state index in [2.05, 4.69) is 15.5 Å².